The number of ether oxygens (including phenoxy) is 3. The van der Waals surface area contributed by atoms with Gasteiger partial charge < -0.3 is 29.2 Å². The highest BCUT2D eigenvalue weighted by Gasteiger charge is 2.42. The molecule has 1 fully saturated rings. The summed E-state index contributed by atoms with van der Waals surface area (Å²) in [6.07, 6.45) is -1.02. The van der Waals surface area contributed by atoms with Crippen LogP contribution in [0, 0.1) is 5.82 Å². The quantitative estimate of drug-likeness (QED) is 0.508. The summed E-state index contributed by atoms with van der Waals surface area (Å²) in [4.78, 5) is 53.0. The minimum Gasteiger partial charge on any atom is -0.488 e. The van der Waals surface area contributed by atoms with Crippen molar-refractivity contribution in [2.24, 2.45) is 0 Å². The molecule has 1 N–H and O–H groups in total. The highest BCUT2D eigenvalue weighted by atomic mass is 19.1. The van der Waals surface area contributed by atoms with E-state index in [1.54, 1.807) is 27.7 Å². The van der Waals surface area contributed by atoms with E-state index in [4.69, 9.17) is 14.2 Å². The third kappa shape index (κ3) is 7.64. The molecule has 1 saturated heterocycles. The Labute approximate surface area is 211 Å². The van der Waals surface area contributed by atoms with Gasteiger partial charge in [0.25, 0.3) is 0 Å². The Bertz CT molecular complexity index is 935. The molecule has 0 aliphatic carbocycles. The summed E-state index contributed by atoms with van der Waals surface area (Å²) in [6, 6.07) is 2.60. The third-order valence-electron chi connectivity index (χ3n) is 5.91. The third-order valence-corrected chi connectivity index (χ3v) is 5.91. The Hall–Kier alpha value is -3.21. The van der Waals surface area contributed by atoms with Gasteiger partial charge in [-0.3, -0.25) is 14.5 Å². The zero-order valence-corrected chi connectivity index (χ0v) is 21.8. The van der Waals surface area contributed by atoms with E-state index in [-0.39, 0.29) is 13.0 Å². The molecule has 2 rings (SSSR count). The van der Waals surface area contributed by atoms with Gasteiger partial charge in [0.15, 0.2) is 0 Å². The van der Waals surface area contributed by atoms with Gasteiger partial charge in [-0.25, -0.2) is 9.18 Å². The van der Waals surface area contributed by atoms with Crippen molar-refractivity contribution in [3.05, 3.63) is 30.1 Å². The number of halogens is 1. The summed E-state index contributed by atoms with van der Waals surface area (Å²) in [5, 5.41) is 2.66. The molecule has 10 nitrogen and oxygen atoms in total. The lowest BCUT2D eigenvalue weighted by Gasteiger charge is -2.32. The lowest BCUT2D eigenvalue weighted by atomic mass is 10.1. The fourth-order valence-corrected chi connectivity index (χ4v) is 3.64. The van der Waals surface area contributed by atoms with Crippen LogP contribution in [0.5, 0.6) is 5.75 Å². The van der Waals surface area contributed by atoms with Crippen LogP contribution in [0.2, 0.25) is 0 Å². The summed E-state index contributed by atoms with van der Waals surface area (Å²) in [5.41, 5.74) is -0.739. The van der Waals surface area contributed by atoms with Crippen molar-refractivity contribution < 1.29 is 37.8 Å². The molecule has 0 bridgehead atoms. The topological polar surface area (TPSA) is 114 Å². The van der Waals surface area contributed by atoms with E-state index in [0.717, 1.165) is 4.90 Å². The van der Waals surface area contributed by atoms with Gasteiger partial charge in [-0.1, -0.05) is 0 Å². The van der Waals surface area contributed by atoms with Crippen molar-refractivity contribution >= 4 is 24.2 Å². The number of amides is 3. The number of aldehydes is 1. The number of nitrogens with zero attached hydrogens (tertiary/aromatic N) is 2. The Morgan fingerprint density at radius 2 is 1.81 bits per heavy atom. The molecule has 0 spiro atoms. The normalized spacial score (nSPS) is 20.2. The molecule has 0 saturated carbocycles. The monoisotopic (exact) mass is 509 g/mol. The molecule has 1 aliphatic heterocycles. The lowest BCUT2D eigenvalue weighted by Crippen LogP contribution is -2.58. The van der Waals surface area contributed by atoms with Crippen LogP contribution in [-0.2, 0) is 23.9 Å². The number of likely N-dealkylation sites (N-methyl/N-ethyl adjacent to an activating group) is 1. The Morgan fingerprint density at radius 1 is 1.19 bits per heavy atom. The number of hydrogen-bond donors (Lipinski definition) is 1. The van der Waals surface area contributed by atoms with Gasteiger partial charge in [0.05, 0.1) is 18.7 Å². The molecule has 11 heteroatoms. The molecule has 200 valence electrons. The molecule has 1 aromatic rings. The van der Waals surface area contributed by atoms with Crippen LogP contribution in [0.25, 0.3) is 0 Å². The summed E-state index contributed by atoms with van der Waals surface area (Å²) in [5.74, 6) is -1.11. The largest absolute Gasteiger partial charge is 0.488 e. The van der Waals surface area contributed by atoms with Crippen LogP contribution < -0.4 is 10.1 Å². The molecule has 1 aromatic carbocycles. The van der Waals surface area contributed by atoms with Crippen molar-refractivity contribution in [2.75, 3.05) is 20.7 Å². The van der Waals surface area contributed by atoms with Crippen molar-refractivity contribution in [1.82, 2.24) is 15.1 Å². The van der Waals surface area contributed by atoms with Gasteiger partial charge in [0.1, 0.15) is 41.6 Å². The highest BCUT2D eigenvalue weighted by molar-refractivity contribution is 5.92. The zero-order chi connectivity index (χ0) is 27.2. The first-order valence-electron chi connectivity index (χ1n) is 11.7. The van der Waals surface area contributed by atoms with E-state index >= 15 is 0 Å². The van der Waals surface area contributed by atoms with Crippen molar-refractivity contribution in [3.8, 4) is 5.75 Å². The fourth-order valence-electron chi connectivity index (χ4n) is 3.64. The summed E-state index contributed by atoms with van der Waals surface area (Å²) in [6.45, 7) is 8.36. The Kier molecular flexibility index (Phi) is 9.80. The fraction of sp³-hybridized carbons (Fsp3) is 0.600. The highest BCUT2D eigenvalue weighted by Crippen LogP contribution is 2.24. The second-order valence-corrected chi connectivity index (χ2v) is 9.82. The van der Waals surface area contributed by atoms with E-state index in [9.17, 15) is 23.6 Å². The van der Waals surface area contributed by atoms with E-state index in [1.807, 2.05) is 0 Å². The number of carbonyl (C=O) groups excluding carboxylic acids is 4. The predicted octanol–water partition coefficient (Wildman–Crippen LogP) is 2.15. The zero-order valence-electron chi connectivity index (χ0n) is 21.8. The van der Waals surface area contributed by atoms with Crippen LogP contribution >= 0.6 is 0 Å². The Morgan fingerprint density at radius 3 is 2.33 bits per heavy atom. The number of likely N-dealkylation sites (tertiary alicyclic amines) is 1. The van der Waals surface area contributed by atoms with E-state index in [1.165, 1.54) is 50.2 Å². The molecule has 5 atom stereocenters. The molecule has 1 heterocycles. The first-order chi connectivity index (χ1) is 16.8. The van der Waals surface area contributed by atoms with Crippen LogP contribution in [0.4, 0.5) is 9.18 Å². The summed E-state index contributed by atoms with van der Waals surface area (Å²) < 4.78 is 29.6. The molecule has 0 radical (unpaired) electrons. The summed E-state index contributed by atoms with van der Waals surface area (Å²) >= 11 is 0. The van der Waals surface area contributed by atoms with Crippen LogP contribution in [0.1, 0.15) is 41.0 Å². The maximum Gasteiger partial charge on any atom is 0.410 e. The summed E-state index contributed by atoms with van der Waals surface area (Å²) in [7, 11) is 2.82. The molecule has 2 unspecified atom stereocenters. The minimum absolute atomic E-state index is 0.0930. The van der Waals surface area contributed by atoms with Gasteiger partial charge in [-0.05, 0) is 58.9 Å². The van der Waals surface area contributed by atoms with Gasteiger partial charge >= 0.3 is 6.09 Å². The number of rotatable bonds is 9. The SMILES string of the molecule is COC(C)[C@H](NC(=O)[C@H](C)N(C)C(=O)OC(C)(C)C)C(=O)N1CC(Oc2ccc(F)cc2)C[C@H]1C=O. The Balaban J connectivity index is 2.13. The second kappa shape index (κ2) is 12.2. The van der Waals surface area contributed by atoms with Gasteiger partial charge in [0, 0.05) is 20.6 Å². The van der Waals surface area contributed by atoms with Crippen LogP contribution in [-0.4, -0.2) is 90.6 Å². The van der Waals surface area contributed by atoms with E-state index < -0.39 is 59.7 Å². The number of methoxy groups -OCH3 is 1. The van der Waals surface area contributed by atoms with Crippen molar-refractivity contribution in [2.45, 2.75) is 77.0 Å². The standard InChI is InChI=1S/C25H36FN3O7/c1-15(28(6)24(33)36-25(3,4)5)22(31)27-21(16(2)34-7)23(32)29-13-20(12-18(29)14-30)35-19-10-8-17(26)9-11-19/h8-11,14-16,18,20-21H,12-13H2,1-7H3,(H,27,31)/t15-,16?,18-,20?,21-/m0/s1. The number of hydrogen-bond acceptors (Lipinski definition) is 7. The molecule has 1 aliphatic rings. The number of benzene rings is 1. The predicted molar refractivity (Wildman–Crippen MR) is 129 cm³/mol. The maximum absolute atomic E-state index is 13.5. The van der Waals surface area contributed by atoms with Crippen molar-refractivity contribution in [3.63, 3.8) is 0 Å². The average Bonchev–Trinajstić information content (AvgIpc) is 3.23. The molecule has 3 amide bonds. The van der Waals surface area contributed by atoms with Crippen LogP contribution in [0.15, 0.2) is 24.3 Å². The van der Waals surface area contributed by atoms with Gasteiger partial charge in [-0.15, -0.1) is 0 Å². The molecule has 36 heavy (non-hydrogen) atoms. The number of nitrogens with one attached hydrogen (secondary N) is 1. The molecular weight excluding hydrogens is 473 g/mol. The van der Waals surface area contributed by atoms with Crippen molar-refractivity contribution in [1.29, 1.82) is 0 Å². The number of carbonyl (C=O) groups is 4. The first-order valence-corrected chi connectivity index (χ1v) is 11.7. The molecule has 0 aromatic heterocycles. The minimum atomic E-state index is -1.12. The van der Waals surface area contributed by atoms with Gasteiger partial charge in [-0.2, -0.15) is 0 Å². The average molecular weight is 510 g/mol. The maximum atomic E-state index is 13.5. The smallest absolute Gasteiger partial charge is 0.410 e. The van der Waals surface area contributed by atoms with E-state index in [2.05, 4.69) is 5.32 Å². The first kappa shape index (κ1) is 29.0. The lowest BCUT2D eigenvalue weighted by molar-refractivity contribution is -0.143. The molecular formula is C25H36FN3O7. The van der Waals surface area contributed by atoms with Crippen LogP contribution in [0.3, 0.4) is 0 Å². The van der Waals surface area contributed by atoms with Gasteiger partial charge in [0.2, 0.25) is 11.8 Å². The second-order valence-electron chi connectivity index (χ2n) is 9.82. The van der Waals surface area contributed by atoms with E-state index in [0.29, 0.717) is 12.0 Å².